The van der Waals surface area contributed by atoms with E-state index in [1.54, 1.807) is 29.6 Å². The number of thiophene rings is 1. The fraction of sp³-hybridized carbons (Fsp3) is 0.294. The molecule has 6 nitrogen and oxygen atoms in total. The van der Waals surface area contributed by atoms with Gasteiger partial charge < -0.3 is 9.47 Å². The zero-order valence-electron chi connectivity index (χ0n) is 13.9. The highest BCUT2D eigenvalue weighted by Gasteiger charge is 2.13. The molecule has 0 spiro atoms. The lowest BCUT2D eigenvalue weighted by Gasteiger charge is -2.12. The molecule has 25 heavy (non-hydrogen) atoms. The number of carbonyl (C=O) groups excluding carboxylic acids is 2. The number of ether oxygens (including phenoxy) is 2. The van der Waals surface area contributed by atoms with Crippen LogP contribution in [0.5, 0.6) is 11.5 Å². The van der Waals surface area contributed by atoms with Gasteiger partial charge in [-0.05, 0) is 46.6 Å². The molecule has 0 atom stereocenters. The monoisotopic (exact) mass is 426 g/mol. The molecule has 0 aliphatic rings. The number of nitrogens with one attached hydrogen (secondary N) is 2. The molecular formula is C17H19BrN2O4S. The van der Waals surface area contributed by atoms with Gasteiger partial charge in [-0.25, -0.2) is 0 Å². The summed E-state index contributed by atoms with van der Waals surface area (Å²) in [5.41, 5.74) is 5.58. The van der Waals surface area contributed by atoms with Gasteiger partial charge in [0.1, 0.15) is 0 Å². The van der Waals surface area contributed by atoms with E-state index in [4.69, 9.17) is 9.47 Å². The van der Waals surface area contributed by atoms with Gasteiger partial charge in [0.05, 0.1) is 23.1 Å². The van der Waals surface area contributed by atoms with Crippen molar-refractivity contribution in [1.29, 1.82) is 0 Å². The Bertz CT molecular complexity index is 748. The maximum Gasteiger partial charge on any atom is 0.270 e. The quantitative estimate of drug-likeness (QED) is 0.521. The van der Waals surface area contributed by atoms with E-state index in [0.29, 0.717) is 29.2 Å². The molecule has 0 bridgehead atoms. The fourth-order valence-electron chi connectivity index (χ4n) is 1.94. The average Bonchev–Trinajstić information content (AvgIpc) is 3.06. The standard InChI is InChI=1S/C17H19BrN2O4S/c1-3-4-7-24-13-6-5-11(8-14(13)23-2)16(21)19-20-17(22)12-9-15(18)25-10-12/h5-6,8-10H,3-4,7H2,1-2H3,(H,19,21)(H,20,22). The third-order valence-corrected chi connectivity index (χ3v) is 4.80. The van der Waals surface area contributed by atoms with Gasteiger partial charge in [-0.3, -0.25) is 20.4 Å². The van der Waals surface area contributed by atoms with E-state index >= 15 is 0 Å². The minimum Gasteiger partial charge on any atom is -0.493 e. The van der Waals surface area contributed by atoms with Crippen LogP contribution < -0.4 is 20.3 Å². The highest BCUT2D eigenvalue weighted by atomic mass is 79.9. The second-order valence-corrected chi connectivity index (χ2v) is 7.41. The second kappa shape index (κ2) is 9.43. The number of hydrazine groups is 1. The molecule has 0 aliphatic heterocycles. The van der Waals surface area contributed by atoms with Gasteiger partial charge in [-0.2, -0.15) is 0 Å². The van der Waals surface area contributed by atoms with Crippen molar-refractivity contribution in [1.82, 2.24) is 10.9 Å². The van der Waals surface area contributed by atoms with Crippen LogP contribution in [-0.2, 0) is 0 Å². The SMILES string of the molecule is CCCCOc1ccc(C(=O)NNC(=O)c2csc(Br)c2)cc1OC. The largest absolute Gasteiger partial charge is 0.493 e. The number of halogens is 1. The molecule has 2 amide bonds. The zero-order valence-corrected chi connectivity index (χ0v) is 16.3. The lowest BCUT2D eigenvalue weighted by Crippen LogP contribution is -2.41. The molecule has 0 saturated heterocycles. The summed E-state index contributed by atoms with van der Waals surface area (Å²) in [6, 6.07) is 6.55. The van der Waals surface area contributed by atoms with E-state index in [2.05, 4.69) is 33.7 Å². The van der Waals surface area contributed by atoms with Crippen molar-refractivity contribution in [3.8, 4) is 11.5 Å². The molecule has 1 aromatic heterocycles. The number of rotatable bonds is 7. The highest BCUT2D eigenvalue weighted by molar-refractivity contribution is 9.11. The number of benzene rings is 1. The van der Waals surface area contributed by atoms with Crippen molar-refractivity contribution in [3.05, 3.63) is 44.6 Å². The molecule has 0 unspecified atom stereocenters. The van der Waals surface area contributed by atoms with E-state index in [-0.39, 0.29) is 5.91 Å². The number of unbranched alkanes of at least 4 members (excludes halogenated alkanes) is 1. The topological polar surface area (TPSA) is 76.7 Å². The minimum absolute atomic E-state index is 0.353. The molecular weight excluding hydrogens is 408 g/mol. The fourth-order valence-corrected chi connectivity index (χ4v) is 3.08. The Morgan fingerprint density at radius 2 is 1.84 bits per heavy atom. The van der Waals surface area contributed by atoms with Gasteiger partial charge in [0, 0.05) is 10.9 Å². The summed E-state index contributed by atoms with van der Waals surface area (Å²) in [7, 11) is 1.51. The van der Waals surface area contributed by atoms with Crippen LogP contribution in [0.1, 0.15) is 40.5 Å². The second-order valence-electron chi connectivity index (χ2n) is 5.12. The number of carbonyl (C=O) groups is 2. The summed E-state index contributed by atoms with van der Waals surface area (Å²) in [5, 5.41) is 1.69. The molecule has 0 fully saturated rings. The van der Waals surface area contributed by atoms with Crippen molar-refractivity contribution >= 4 is 39.1 Å². The first-order valence-electron chi connectivity index (χ1n) is 7.70. The number of amides is 2. The third kappa shape index (κ3) is 5.47. The van der Waals surface area contributed by atoms with Gasteiger partial charge in [-0.15, -0.1) is 11.3 Å². The Hall–Kier alpha value is -2.06. The van der Waals surface area contributed by atoms with Crippen molar-refractivity contribution in [2.75, 3.05) is 13.7 Å². The van der Waals surface area contributed by atoms with Gasteiger partial charge in [-0.1, -0.05) is 13.3 Å². The lowest BCUT2D eigenvalue weighted by molar-refractivity contribution is 0.0846. The smallest absolute Gasteiger partial charge is 0.270 e. The van der Waals surface area contributed by atoms with Gasteiger partial charge in [0.15, 0.2) is 11.5 Å². The Morgan fingerprint density at radius 3 is 2.44 bits per heavy atom. The normalized spacial score (nSPS) is 10.2. The number of hydrogen-bond donors (Lipinski definition) is 2. The Balaban J connectivity index is 1.97. The molecule has 1 aromatic carbocycles. The van der Waals surface area contributed by atoms with Crippen LogP contribution in [0, 0.1) is 0 Å². The Labute approximate surface area is 158 Å². The van der Waals surface area contributed by atoms with E-state index in [1.807, 2.05) is 0 Å². The van der Waals surface area contributed by atoms with E-state index in [1.165, 1.54) is 18.4 Å². The molecule has 134 valence electrons. The van der Waals surface area contributed by atoms with Crippen molar-refractivity contribution in [3.63, 3.8) is 0 Å². The summed E-state index contributed by atoms with van der Waals surface area (Å²) in [6.45, 7) is 2.67. The predicted molar refractivity (Wildman–Crippen MR) is 100 cm³/mol. The van der Waals surface area contributed by atoms with Gasteiger partial charge in [0.2, 0.25) is 0 Å². The van der Waals surface area contributed by atoms with Crippen molar-refractivity contribution < 1.29 is 19.1 Å². The number of methoxy groups -OCH3 is 1. The first-order valence-corrected chi connectivity index (χ1v) is 9.38. The molecule has 0 radical (unpaired) electrons. The summed E-state index contributed by atoms with van der Waals surface area (Å²) < 4.78 is 11.7. The lowest BCUT2D eigenvalue weighted by atomic mass is 10.2. The minimum atomic E-state index is -0.443. The molecule has 2 N–H and O–H groups in total. The molecule has 0 aliphatic carbocycles. The van der Waals surface area contributed by atoms with Crippen LogP contribution in [0.2, 0.25) is 0 Å². The first-order chi connectivity index (χ1) is 12.0. The summed E-state index contributed by atoms with van der Waals surface area (Å²) in [5.74, 6) is 0.222. The molecule has 1 heterocycles. The van der Waals surface area contributed by atoms with Crippen LogP contribution in [0.15, 0.2) is 33.4 Å². The molecule has 2 aromatic rings. The average molecular weight is 427 g/mol. The molecule has 0 saturated carbocycles. The highest BCUT2D eigenvalue weighted by Crippen LogP contribution is 2.28. The molecule has 2 rings (SSSR count). The van der Waals surface area contributed by atoms with Crippen LogP contribution in [0.25, 0.3) is 0 Å². The Morgan fingerprint density at radius 1 is 1.12 bits per heavy atom. The van der Waals surface area contributed by atoms with E-state index in [9.17, 15) is 9.59 Å². The van der Waals surface area contributed by atoms with E-state index < -0.39 is 5.91 Å². The van der Waals surface area contributed by atoms with Crippen LogP contribution in [0.3, 0.4) is 0 Å². The summed E-state index contributed by atoms with van der Waals surface area (Å²) in [6.07, 6.45) is 1.97. The van der Waals surface area contributed by atoms with Gasteiger partial charge in [0.25, 0.3) is 11.8 Å². The van der Waals surface area contributed by atoms with Crippen molar-refractivity contribution in [2.45, 2.75) is 19.8 Å². The van der Waals surface area contributed by atoms with Crippen LogP contribution in [0.4, 0.5) is 0 Å². The number of hydrogen-bond acceptors (Lipinski definition) is 5. The van der Waals surface area contributed by atoms with E-state index in [0.717, 1.165) is 16.6 Å². The third-order valence-electron chi connectivity index (χ3n) is 3.30. The van der Waals surface area contributed by atoms with Crippen molar-refractivity contribution in [2.24, 2.45) is 0 Å². The van der Waals surface area contributed by atoms with Crippen LogP contribution in [-0.4, -0.2) is 25.5 Å². The summed E-state index contributed by atoms with van der Waals surface area (Å²) in [4.78, 5) is 24.1. The maximum atomic E-state index is 12.2. The Kier molecular flexibility index (Phi) is 7.27. The van der Waals surface area contributed by atoms with Gasteiger partial charge >= 0.3 is 0 Å². The molecule has 8 heteroatoms. The zero-order chi connectivity index (χ0) is 18.2. The first kappa shape index (κ1) is 19.3. The van der Waals surface area contributed by atoms with Crippen LogP contribution >= 0.6 is 27.3 Å². The predicted octanol–water partition coefficient (Wildman–Crippen LogP) is 3.77. The maximum absolute atomic E-state index is 12.2. The summed E-state index contributed by atoms with van der Waals surface area (Å²) >= 11 is 4.68.